The summed E-state index contributed by atoms with van der Waals surface area (Å²) in [6, 6.07) is 8.47. The Balaban J connectivity index is 2.74. The van der Waals surface area contributed by atoms with Crippen molar-refractivity contribution in [3.05, 3.63) is 29.8 Å². The van der Waals surface area contributed by atoms with E-state index in [9.17, 15) is 0 Å². The van der Waals surface area contributed by atoms with Gasteiger partial charge in [-0.1, -0.05) is 32.4 Å². The van der Waals surface area contributed by atoms with E-state index in [2.05, 4.69) is 37.9 Å². The summed E-state index contributed by atoms with van der Waals surface area (Å²) in [6.07, 6.45) is 1.20. The third-order valence-electron chi connectivity index (χ3n) is 3.55. The number of nitrogens with zero attached hydrogens (tertiary/aromatic N) is 1. The minimum atomic E-state index is 0.282. The van der Waals surface area contributed by atoms with E-state index in [1.54, 1.807) is 7.11 Å². The van der Waals surface area contributed by atoms with Crippen molar-refractivity contribution in [3.63, 3.8) is 0 Å². The Morgan fingerprint density at radius 1 is 1.28 bits per heavy atom. The van der Waals surface area contributed by atoms with Gasteiger partial charge in [0.15, 0.2) is 0 Å². The lowest BCUT2D eigenvalue weighted by Gasteiger charge is -2.29. The molecule has 3 heteroatoms. The van der Waals surface area contributed by atoms with Crippen LogP contribution in [-0.2, 0) is 0 Å². The lowest BCUT2D eigenvalue weighted by molar-refractivity contribution is 0.215. The van der Waals surface area contributed by atoms with E-state index in [4.69, 9.17) is 10.5 Å². The zero-order valence-electron chi connectivity index (χ0n) is 12.0. The largest absolute Gasteiger partial charge is 0.497 e. The van der Waals surface area contributed by atoms with Gasteiger partial charge in [0.25, 0.3) is 0 Å². The van der Waals surface area contributed by atoms with E-state index >= 15 is 0 Å². The summed E-state index contributed by atoms with van der Waals surface area (Å²) < 4.78 is 5.18. The van der Waals surface area contributed by atoms with Crippen molar-refractivity contribution >= 4 is 0 Å². The summed E-state index contributed by atoms with van der Waals surface area (Å²) in [5, 5.41) is 0. The standard InChI is InChI=1S/C15H26N2O/c1-5-12(2)11-17(3)15(10-16)13-6-8-14(18-4)9-7-13/h6-9,12,15H,5,10-11,16H2,1-4H3. The lowest BCUT2D eigenvalue weighted by atomic mass is 10.0. The van der Waals surface area contributed by atoms with Crippen LogP contribution in [0.4, 0.5) is 0 Å². The highest BCUT2D eigenvalue weighted by molar-refractivity contribution is 5.29. The normalized spacial score (nSPS) is 14.6. The molecular weight excluding hydrogens is 224 g/mol. The summed E-state index contributed by atoms with van der Waals surface area (Å²) in [6.45, 7) is 6.21. The fourth-order valence-corrected chi connectivity index (χ4v) is 2.14. The molecule has 0 saturated heterocycles. The monoisotopic (exact) mass is 250 g/mol. The first kappa shape index (κ1) is 15.0. The molecule has 0 amide bonds. The molecule has 0 aliphatic carbocycles. The first-order chi connectivity index (χ1) is 8.62. The maximum Gasteiger partial charge on any atom is 0.118 e. The van der Waals surface area contributed by atoms with Gasteiger partial charge in [-0.2, -0.15) is 0 Å². The van der Waals surface area contributed by atoms with E-state index in [0.717, 1.165) is 12.3 Å². The maximum absolute atomic E-state index is 5.92. The molecule has 2 atom stereocenters. The molecule has 102 valence electrons. The predicted octanol–water partition coefficient (Wildman–Crippen LogP) is 2.67. The lowest BCUT2D eigenvalue weighted by Crippen LogP contribution is -2.33. The van der Waals surface area contributed by atoms with Gasteiger partial charge in [0.2, 0.25) is 0 Å². The molecule has 18 heavy (non-hydrogen) atoms. The third-order valence-corrected chi connectivity index (χ3v) is 3.55. The molecule has 0 aliphatic heterocycles. The fourth-order valence-electron chi connectivity index (χ4n) is 2.14. The van der Waals surface area contributed by atoms with Gasteiger partial charge in [-0.3, -0.25) is 4.90 Å². The van der Waals surface area contributed by atoms with Gasteiger partial charge in [0.1, 0.15) is 5.75 Å². The van der Waals surface area contributed by atoms with Crippen molar-refractivity contribution in [1.82, 2.24) is 4.90 Å². The third kappa shape index (κ3) is 4.00. The first-order valence-corrected chi connectivity index (χ1v) is 6.66. The van der Waals surface area contributed by atoms with Gasteiger partial charge in [-0.05, 0) is 30.7 Å². The molecule has 0 radical (unpaired) electrons. The number of nitrogens with two attached hydrogens (primary N) is 1. The smallest absolute Gasteiger partial charge is 0.118 e. The zero-order chi connectivity index (χ0) is 13.5. The molecular formula is C15H26N2O. The van der Waals surface area contributed by atoms with Crippen LogP contribution in [0.3, 0.4) is 0 Å². The van der Waals surface area contributed by atoms with Crippen molar-refractivity contribution < 1.29 is 4.74 Å². The summed E-state index contributed by atoms with van der Waals surface area (Å²) >= 11 is 0. The molecule has 1 aromatic carbocycles. The highest BCUT2D eigenvalue weighted by atomic mass is 16.5. The Morgan fingerprint density at radius 3 is 2.33 bits per heavy atom. The van der Waals surface area contributed by atoms with Crippen LogP contribution in [0.25, 0.3) is 0 Å². The van der Waals surface area contributed by atoms with Crippen LogP contribution in [0, 0.1) is 5.92 Å². The molecule has 0 aromatic heterocycles. The average Bonchev–Trinajstić information content (AvgIpc) is 2.40. The summed E-state index contributed by atoms with van der Waals surface area (Å²) in [5.74, 6) is 1.58. The van der Waals surface area contributed by atoms with Crippen molar-refractivity contribution in [2.75, 3.05) is 27.2 Å². The van der Waals surface area contributed by atoms with Gasteiger partial charge < -0.3 is 10.5 Å². The Kier molecular flexibility index (Phi) is 6.16. The van der Waals surface area contributed by atoms with Crippen molar-refractivity contribution in [1.29, 1.82) is 0 Å². The topological polar surface area (TPSA) is 38.5 Å². The van der Waals surface area contributed by atoms with E-state index in [0.29, 0.717) is 12.5 Å². The summed E-state index contributed by atoms with van der Waals surface area (Å²) in [7, 11) is 3.83. The molecule has 0 aliphatic rings. The zero-order valence-corrected chi connectivity index (χ0v) is 12.0. The fraction of sp³-hybridized carbons (Fsp3) is 0.600. The van der Waals surface area contributed by atoms with Gasteiger partial charge >= 0.3 is 0 Å². The number of likely N-dealkylation sites (N-methyl/N-ethyl adjacent to an activating group) is 1. The minimum absolute atomic E-state index is 0.282. The molecule has 0 heterocycles. The van der Waals surface area contributed by atoms with Crippen molar-refractivity contribution in [2.24, 2.45) is 11.7 Å². The molecule has 0 saturated carbocycles. The number of benzene rings is 1. The van der Waals surface area contributed by atoms with Crippen LogP contribution < -0.4 is 10.5 Å². The Bertz CT molecular complexity index is 337. The Morgan fingerprint density at radius 2 is 1.89 bits per heavy atom. The number of hydrogen-bond donors (Lipinski definition) is 1. The second-order valence-electron chi connectivity index (χ2n) is 4.98. The van der Waals surface area contributed by atoms with Gasteiger partial charge in [-0.15, -0.1) is 0 Å². The highest BCUT2D eigenvalue weighted by Crippen LogP contribution is 2.22. The predicted molar refractivity (Wildman–Crippen MR) is 76.9 cm³/mol. The molecule has 2 unspecified atom stereocenters. The molecule has 1 rings (SSSR count). The van der Waals surface area contributed by atoms with Crippen LogP contribution in [0.5, 0.6) is 5.75 Å². The maximum atomic E-state index is 5.92. The molecule has 0 spiro atoms. The second kappa shape index (κ2) is 7.39. The van der Waals surface area contributed by atoms with Gasteiger partial charge in [-0.25, -0.2) is 0 Å². The van der Waals surface area contributed by atoms with E-state index in [1.807, 2.05) is 12.1 Å². The Labute approximate surface area is 111 Å². The van der Waals surface area contributed by atoms with Gasteiger partial charge in [0, 0.05) is 19.1 Å². The highest BCUT2D eigenvalue weighted by Gasteiger charge is 2.16. The SMILES string of the molecule is CCC(C)CN(C)C(CN)c1ccc(OC)cc1. The van der Waals surface area contributed by atoms with Crippen molar-refractivity contribution in [2.45, 2.75) is 26.3 Å². The van der Waals surface area contributed by atoms with Gasteiger partial charge in [0.05, 0.1) is 7.11 Å². The molecule has 0 fully saturated rings. The molecule has 2 N–H and O–H groups in total. The molecule has 3 nitrogen and oxygen atoms in total. The van der Waals surface area contributed by atoms with Crippen LogP contribution in [0.1, 0.15) is 31.9 Å². The second-order valence-corrected chi connectivity index (χ2v) is 4.98. The Hall–Kier alpha value is -1.06. The summed E-state index contributed by atoms with van der Waals surface area (Å²) in [4.78, 5) is 2.34. The number of ether oxygens (including phenoxy) is 1. The quantitative estimate of drug-likeness (QED) is 0.808. The summed E-state index contributed by atoms with van der Waals surface area (Å²) in [5.41, 5.74) is 7.17. The van der Waals surface area contributed by atoms with E-state index in [1.165, 1.54) is 12.0 Å². The van der Waals surface area contributed by atoms with E-state index < -0.39 is 0 Å². The number of rotatable bonds is 7. The van der Waals surface area contributed by atoms with E-state index in [-0.39, 0.29) is 6.04 Å². The average molecular weight is 250 g/mol. The van der Waals surface area contributed by atoms with Crippen LogP contribution in [-0.4, -0.2) is 32.1 Å². The number of hydrogen-bond acceptors (Lipinski definition) is 3. The number of methoxy groups -OCH3 is 1. The van der Waals surface area contributed by atoms with Crippen LogP contribution in [0.2, 0.25) is 0 Å². The van der Waals surface area contributed by atoms with Crippen LogP contribution in [0.15, 0.2) is 24.3 Å². The minimum Gasteiger partial charge on any atom is -0.497 e. The molecule has 1 aromatic rings. The van der Waals surface area contributed by atoms with Crippen LogP contribution >= 0.6 is 0 Å². The van der Waals surface area contributed by atoms with Crippen molar-refractivity contribution in [3.8, 4) is 5.75 Å². The first-order valence-electron chi connectivity index (χ1n) is 6.66. The molecule has 0 bridgehead atoms.